The van der Waals surface area contributed by atoms with E-state index < -0.39 is 0 Å². The lowest BCUT2D eigenvalue weighted by Crippen LogP contribution is -1.99. The maximum Gasteiger partial charge on any atom is 0.235 e. The van der Waals surface area contributed by atoms with Crippen molar-refractivity contribution in [3.05, 3.63) is 82.4 Å². The summed E-state index contributed by atoms with van der Waals surface area (Å²) in [5.41, 5.74) is 4.45. The molecule has 206 valence electrons. The Hall–Kier alpha value is -3.95. The number of hydrogen-bond donors (Lipinski definition) is 0. The number of hydrogen-bond acceptors (Lipinski definition) is 3. The third-order valence-electron chi connectivity index (χ3n) is 5.79. The lowest BCUT2D eigenvalue weighted by molar-refractivity contribution is -0.117. The zero-order valence-electron chi connectivity index (χ0n) is 25.0. The van der Waals surface area contributed by atoms with Crippen LogP contribution in [0.5, 0.6) is 0 Å². The topological polar surface area (TPSA) is 51.2 Å². The molecule has 0 amide bonds. The molecule has 0 aliphatic rings. The molecule has 3 aromatic carbocycles. The molecule has 0 saturated carbocycles. The zero-order valence-corrected chi connectivity index (χ0v) is 25.0. The van der Waals surface area contributed by atoms with Crippen LogP contribution in [0.1, 0.15) is 111 Å². The summed E-state index contributed by atoms with van der Waals surface area (Å²) < 4.78 is 0. The van der Waals surface area contributed by atoms with Gasteiger partial charge in [-0.25, -0.2) is 0 Å². The predicted molar refractivity (Wildman–Crippen MR) is 166 cm³/mol. The molecule has 0 aromatic heterocycles. The maximum atomic E-state index is 11.5. The normalized spacial score (nSPS) is 9.41. The van der Waals surface area contributed by atoms with Crippen molar-refractivity contribution >= 4 is 28.1 Å². The molecule has 0 bridgehead atoms. The molecule has 0 saturated heterocycles. The Kier molecular flexibility index (Phi) is 17.2. The zero-order chi connectivity index (χ0) is 30.0. The average molecular weight is 525 g/mol. The Labute approximate surface area is 236 Å². The summed E-state index contributed by atoms with van der Waals surface area (Å²) in [6.45, 7) is 15.5. The summed E-state index contributed by atoms with van der Waals surface area (Å²) in [7, 11) is 0. The third kappa shape index (κ3) is 12.4. The van der Waals surface area contributed by atoms with E-state index in [1.165, 1.54) is 10.9 Å². The van der Waals surface area contributed by atoms with Crippen LogP contribution in [-0.2, 0) is 11.2 Å². The number of aryl methyl sites for hydroxylation is 1. The molecule has 0 fully saturated rings. The SMILES string of the molecule is C#CCc1ccc(C)c(C(=O)C#C)c1.CC.CC(=O)c1cc(C(C)C)c2ccccc2c1.CCCCC(C)=O. The van der Waals surface area contributed by atoms with E-state index >= 15 is 0 Å². The second kappa shape index (κ2) is 19.2. The van der Waals surface area contributed by atoms with Gasteiger partial charge in [-0.3, -0.25) is 9.59 Å². The molecule has 0 N–H and O–H groups in total. The Morgan fingerprint density at radius 3 is 2.05 bits per heavy atom. The van der Waals surface area contributed by atoms with Crippen LogP contribution in [0.25, 0.3) is 10.8 Å². The predicted octanol–water partition coefficient (Wildman–Crippen LogP) is 8.94. The Bertz CT molecular complexity index is 1310. The van der Waals surface area contributed by atoms with Crippen LogP contribution in [0.15, 0.2) is 54.6 Å². The van der Waals surface area contributed by atoms with Gasteiger partial charge in [-0.1, -0.05) is 77.4 Å². The van der Waals surface area contributed by atoms with Gasteiger partial charge < -0.3 is 4.79 Å². The number of terminal acetylenes is 2. The van der Waals surface area contributed by atoms with E-state index in [1.54, 1.807) is 19.9 Å². The first-order valence-corrected chi connectivity index (χ1v) is 13.6. The smallest absolute Gasteiger partial charge is 0.235 e. The lowest BCUT2D eigenvalue weighted by atomic mass is 9.93. The summed E-state index contributed by atoms with van der Waals surface area (Å²) >= 11 is 0. The van der Waals surface area contributed by atoms with Gasteiger partial charge in [0.05, 0.1) is 0 Å². The minimum Gasteiger partial charge on any atom is -0.300 e. The highest BCUT2D eigenvalue weighted by Gasteiger charge is 2.09. The van der Waals surface area contributed by atoms with E-state index in [4.69, 9.17) is 12.8 Å². The van der Waals surface area contributed by atoms with Gasteiger partial charge in [0.2, 0.25) is 5.78 Å². The lowest BCUT2D eigenvalue weighted by Gasteiger charge is -2.11. The van der Waals surface area contributed by atoms with Crippen LogP contribution in [0.3, 0.4) is 0 Å². The third-order valence-corrected chi connectivity index (χ3v) is 5.79. The summed E-state index contributed by atoms with van der Waals surface area (Å²) in [5, 5.41) is 2.40. The van der Waals surface area contributed by atoms with Gasteiger partial charge in [0.1, 0.15) is 5.78 Å². The highest BCUT2D eigenvalue weighted by atomic mass is 16.1. The van der Waals surface area contributed by atoms with E-state index in [0.29, 0.717) is 23.7 Å². The van der Waals surface area contributed by atoms with E-state index in [-0.39, 0.29) is 11.6 Å². The highest BCUT2D eigenvalue weighted by molar-refractivity contribution is 6.09. The Balaban J connectivity index is 0.000000575. The van der Waals surface area contributed by atoms with E-state index in [0.717, 1.165) is 41.3 Å². The van der Waals surface area contributed by atoms with Gasteiger partial charge in [-0.2, -0.15) is 0 Å². The molecule has 0 unspecified atom stereocenters. The van der Waals surface area contributed by atoms with Gasteiger partial charge >= 0.3 is 0 Å². The second-order valence-corrected chi connectivity index (χ2v) is 9.31. The van der Waals surface area contributed by atoms with Gasteiger partial charge in [0, 0.05) is 24.0 Å². The standard InChI is InChI=1S/C15H16O.C13H10O.C6H12O.C2H6/c1-10(2)15-9-13(11(3)16)8-12-6-4-5-7-14(12)15;1-4-6-11-8-7-10(3)12(9-11)13(14)5-2;1-3-4-5-6(2)7;1-2/h4-10H,1-3H3;1-2,7-9H,6H2,3H3;3-5H2,1-2H3;1-2H3. The Morgan fingerprint density at radius 1 is 0.923 bits per heavy atom. The minimum atomic E-state index is -0.290. The fourth-order valence-electron chi connectivity index (χ4n) is 3.67. The number of carbonyl (C=O) groups is 3. The molecule has 0 spiro atoms. The summed E-state index contributed by atoms with van der Waals surface area (Å²) in [4.78, 5) is 33.0. The van der Waals surface area contributed by atoms with Gasteiger partial charge in [-0.15, -0.1) is 18.8 Å². The van der Waals surface area contributed by atoms with Crippen LogP contribution in [0.2, 0.25) is 0 Å². The molecular weight excluding hydrogens is 480 g/mol. The molecule has 0 heterocycles. The van der Waals surface area contributed by atoms with Crippen molar-refractivity contribution in [3.8, 4) is 24.7 Å². The summed E-state index contributed by atoms with van der Waals surface area (Å²) in [6.07, 6.45) is 13.7. The van der Waals surface area contributed by atoms with E-state index in [1.807, 2.05) is 57.2 Å². The first-order valence-electron chi connectivity index (χ1n) is 13.6. The van der Waals surface area contributed by atoms with Crippen LogP contribution in [0.4, 0.5) is 0 Å². The van der Waals surface area contributed by atoms with Crippen LogP contribution in [0, 0.1) is 31.6 Å². The highest BCUT2D eigenvalue weighted by Crippen LogP contribution is 2.27. The fourth-order valence-corrected chi connectivity index (χ4v) is 3.67. The number of unbranched alkanes of at least 4 members (excludes halogenated alkanes) is 1. The molecule has 0 atom stereocenters. The number of rotatable bonds is 7. The van der Waals surface area contributed by atoms with Crippen LogP contribution >= 0.6 is 0 Å². The molecule has 0 radical (unpaired) electrons. The Morgan fingerprint density at radius 2 is 1.56 bits per heavy atom. The largest absolute Gasteiger partial charge is 0.300 e. The average Bonchev–Trinajstić information content (AvgIpc) is 2.93. The van der Waals surface area contributed by atoms with Crippen LogP contribution < -0.4 is 0 Å². The quantitative estimate of drug-likeness (QED) is 0.176. The fraction of sp³-hybridized carbons (Fsp3) is 0.361. The van der Waals surface area contributed by atoms with Crippen molar-refractivity contribution in [2.75, 3.05) is 0 Å². The molecule has 3 nitrogen and oxygen atoms in total. The first kappa shape index (κ1) is 35.0. The van der Waals surface area contributed by atoms with Crippen LogP contribution in [-0.4, -0.2) is 17.3 Å². The van der Waals surface area contributed by atoms with Gasteiger partial charge in [0.15, 0.2) is 5.78 Å². The van der Waals surface area contributed by atoms with Crippen molar-refractivity contribution in [3.63, 3.8) is 0 Å². The van der Waals surface area contributed by atoms with E-state index in [9.17, 15) is 14.4 Å². The summed E-state index contributed by atoms with van der Waals surface area (Å²) in [5.74, 6) is 5.21. The summed E-state index contributed by atoms with van der Waals surface area (Å²) in [6, 6.07) is 17.8. The molecule has 3 aromatic rings. The van der Waals surface area contributed by atoms with Crippen molar-refractivity contribution in [2.24, 2.45) is 0 Å². The molecule has 0 aliphatic carbocycles. The van der Waals surface area contributed by atoms with Crippen molar-refractivity contribution in [1.29, 1.82) is 0 Å². The number of benzene rings is 3. The van der Waals surface area contributed by atoms with Crippen molar-refractivity contribution in [1.82, 2.24) is 0 Å². The van der Waals surface area contributed by atoms with Crippen molar-refractivity contribution < 1.29 is 14.4 Å². The molecule has 0 aliphatic heterocycles. The van der Waals surface area contributed by atoms with Gasteiger partial charge in [0.25, 0.3) is 0 Å². The van der Waals surface area contributed by atoms with E-state index in [2.05, 4.69) is 44.7 Å². The molecule has 3 rings (SSSR count). The minimum absolute atomic E-state index is 0.132. The monoisotopic (exact) mass is 524 g/mol. The first-order chi connectivity index (χ1) is 18.5. The maximum absolute atomic E-state index is 11.5. The number of ketones is 3. The second-order valence-electron chi connectivity index (χ2n) is 9.31. The molecular formula is C36H44O3. The molecule has 3 heteroatoms. The van der Waals surface area contributed by atoms with Crippen molar-refractivity contribution in [2.45, 2.75) is 87.0 Å². The van der Waals surface area contributed by atoms with Gasteiger partial charge in [-0.05, 0) is 84.7 Å². The molecule has 39 heavy (non-hydrogen) atoms. The number of carbonyl (C=O) groups excluding carboxylic acids is 3. The number of fused-ring (bicyclic) bond motifs is 1. The number of Topliss-reactive ketones (excluding diaryl/α,β-unsaturated/α-hetero) is 3.